The lowest BCUT2D eigenvalue weighted by Crippen LogP contribution is -2.35. The molecule has 0 aliphatic rings. The average molecular weight is 251 g/mol. The van der Waals surface area contributed by atoms with E-state index < -0.39 is 29.6 Å². The lowest BCUT2D eigenvalue weighted by atomic mass is 9.82. The first-order chi connectivity index (χ1) is 7.74. The van der Waals surface area contributed by atoms with Gasteiger partial charge in [0.2, 0.25) is 0 Å². The maximum atomic E-state index is 13.0. The van der Waals surface area contributed by atoms with Crippen molar-refractivity contribution in [2.45, 2.75) is 18.5 Å². The van der Waals surface area contributed by atoms with E-state index in [9.17, 15) is 17.6 Å². The van der Waals surface area contributed by atoms with E-state index in [-0.39, 0.29) is 12.1 Å². The van der Waals surface area contributed by atoms with Crippen LogP contribution in [0, 0.1) is 5.82 Å². The summed E-state index contributed by atoms with van der Waals surface area (Å²) in [5.41, 5.74) is 3.22. The van der Waals surface area contributed by atoms with E-state index in [1.165, 1.54) is 13.0 Å². The number of halogens is 4. The van der Waals surface area contributed by atoms with Crippen LogP contribution in [-0.4, -0.2) is 18.3 Å². The van der Waals surface area contributed by atoms with Crippen molar-refractivity contribution in [3.8, 4) is 0 Å². The van der Waals surface area contributed by atoms with Crippen LogP contribution in [0.15, 0.2) is 18.2 Å². The van der Waals surface area contributed by atoms with E-state index in [4.69, 9.17) is 10.8 Å². The summed E-state index contributed by atoms with van der Waals surface area (Å²) in [6.45, 7) is 1.07. The zero-order valence-electron chi connectivity index (χ0n) is 9.18. The largest absolute Gasteiger partial charge is 0.419 e. The van der Waals surface area contributed by atoms with Crippen molar-refractivity contribution >= 4 is 0 Å². The van der Waals surface area contributed by atoms with E-state index >= 15 is 0 Å². The first-order valence-corrected chi connectivity index (χ1v) is 4.93. The highest BCUT2D eigenvalue weighted by Crippen LogP contribution is 2.34. The molecule has 0 amide bonds. The lowest BCUT2D eigenvalue weighted by molar-refractivity contribution is -0.140. The van der Waals surface area contributed by atoms with E-state index in [2.05, 4.69) is 0 Å². The molecule has 1 rings (SSSR count). The van der Waals surface area contributed by atoms with Crippen molar-refractivity contribution in [1.29, 1.82) is 0 Å². The molecule has 0 fully saturated rings. The average Bonchev–Trinajstić information content (AvgIpc) is 2.27. The number of rotatable bonds is 3. The molecule has 1 aromatic carbocycles. The van der Waals surface area contributed by atoms with Crippen LogP contribution in [0.25, 0.3) is 0 Å². The Kier molecular flexibility index (Phi) is 3.78. The normalized spacial score (nSPS) is 15.7. The van der Waals surface area contributed by atoms with E-state index in [0.717, 1.165) is 6.07 Å². The number of hydrogen-bond donors (Lipinski definition) is 2. The fraction of sp³-hybridized carbons (Fsp3) is 0.455. The fourth-order valence-electron chi connectivity index (χ4n) is 1.39. The van der Waals surface area contributed by atoms with E-state index in [1.54, 1.807) is 0 Å². The molecule has 0 bridgehead atoms. The van der Waals surface area contributed by atoms with Crippen LogP contribution in [0.2, 0.25) is 0 Å². The van der Waals surface area contributed by atoms with Gasteiger partial charge < -0.3 is 10.8 Å². The predicted octanol–water partition coefficient (Wildman–Crippen LogP) is 2.05. The van der Waals surface area contributed by atoms with Crippen LogP contribution in [-0.2, 0) is 11.6 Å². The third-order valence-electron chi connectivity index (χ3n) is 2.77. The number of nitrogens with two attached hydrogens (primary N) is 1. The zero-order valence-corrected chi connectivity index (χ0v) is 9.18. The Labute approximate surface area is 96.1 Å². The topological polar surface area (TPSA) is 46.2 Å². The summed E-state index contributed by atoms with van der Waals surface area (Å²) in [6.07, 6.45) is -4.76. The first-order valence-electron chi connectivity index (χ1n) is 4.93. The Bertz CT molecular complexity index is 399. The number of aliphatic hydroxyl groups excluding tert-OH is 1. The number of benzene rings is 1. The molecule has 0 aliphatic heterocycles. The Morgan fingerprint density at radius 1 is 1.29 bits per heavy atom. The second-order valence-corrected chi connectivity index (χ2v) is 4.12. The van der Waals surface area contributed by atoms with E-state index in [1.807, 2.05) is 0 Å². The molecule has 0 aliphatic carbocycles. The van der Waals surface area contributed by atoms with Gasteiger partial charge in [-0.2, -0.15) is 13.2 Å². The SMILES string of the molecule is CC(CN)(CO)c1ccc(F)c(C(F)(F)F)c1. The van der Waals surface area contributed by atoms with Gasteiger partial charge in [0.25, 0.3) is 0 Å². The molecule has 0 radical (unpaired) electrons. The Balaban J connectivity index is 3.31. The molecule has 1 aromatic rings. The minimum atomic E-state index is -4.76. The second-order valence-electron chi connectivity index (χ2n) is 4.12. The highest BCUT2D eigenvalue weighted by Gasteiger charge is 2.36. The van der Waals surface area contributed by atoms with Crippen molar-refractivity contribution in [1.82, 2.24) is 0 Å². The summed E-state index contributed by atoms with van der Waals surface area (Å²) in [5, 5.41) is 9.15. The number of aliphatic hydroxyl groups is 1. The van der Waals surface area contributed by atoms with Gasteiger partial charge in [-0.3, -0.25) is 0 Å². The maximum Gasteiger partial charge on any atom is 0.419 e. The Hall–Kier alpha value is -1.14. The molecule has 17 heavy (non-hydrogen) atoms. The molecule has 6 heteroatoms. The van der Waals surface area contributed by atoms with Gasteiger partial charge >= 0.3 is 6.18 Å². The van der Waals surface area contributed by atoms with Crippen molar-refractivity contribution in [3.05, 3.63) is 35.1 Å². The molecule has 1 atom stereocenters. The van der Waals surface area contributed by atoms with Gasteiger partial charge in [-0.05, 0) is 17.7 Å². The first kappa shape index (κ1) is 13.9. The van der Waals surface area contributed by atoms with Crippen molar-refractivity contribution in [2.75, 3.05) is 13.2 Å². The Morgan fingerprint density at radius 2 is 1.88 bits per heavy atom. The smallest absolute Gasteiger partial charge is 0.395 e. The molecule has 2 nitrogen and oxygen atoms in total. The maximum absolute atomic E-state index is 13.0. The standard InChI is InChI=1S/C11H13F4NO/c1-10(5-16,6-17)7-2-3-9(12)8(4-7)11(13,14)15/h2-4,17H,5-6,16H2,1H3. The minimum Gasteiger partial charge on any atom is -0.395 e. The molecule has 1 unspecified atom stereocenters. The summed E-state index contributed by atoms with van der Waals surface area (Å²) >= 11 is 0. The van der Waals surface area contributed by atoms with Crippen LogP contribution in [0.4, 0.5) is 17.6 Å². The van der Waals surface area contributed by atoms with Crippen LogP contribution >= 0.6 is 0 Å². The molecule has 0 spiro atoms. The van der Waals surface area contributed by atoms with Gasteiger partial charge in [-0.15, -0.1) is 0 Å². The van der Waals surface area contributed by atoms with Crippen molar-refractivity contribution in [2.24, 2.45) is 5.73 Å². The fourth-order valence-corrected chi connectivity index (χ4v) is 1.39. The molecule has 0 heterocycles. The summed E-state index contributed by atoms with van der Waals surface area (Å²) in [4.78, 5) is 0. The molecular weight excluding hydrogens is 238 g/mol. The highest BCUT2D eigenvalue weighted by atomic mass is 19.4. The molecule has 96 valence electrons. The molecular formula is C11H13F4NO. The summed E-state index contributed by atoms with van der Waals surface area (Å²) in [7, 11) is 0. The van der Waals surface area contributed by atoms with Crippen LogP contribution in [0.1, 0.15) is 18.1 Å². The van der Waals surface area contributed by atoms with Crippen LogP contribution < -0.4 is 5.73 Å². The van der Waals surface area contributed by atoms with Gasteiger partial charge in [0.05, 0.1) is 12.2 Å². The number of alkyl halides is 3. The van der Waals surface area contributed by atoms with Gasteiger partial charge in [-0.25, -0.2) is 4.39 Å². The summed E-state index contributed by atoms with van der Waals surface area (Å²) < 4.78 is 50.5. The van der Waals surface area contributed by atoms with Gasteiger partial charge in [0.1, 0.15) is 5.82 Å². The lowest BCUT2D eigenvalue weighted by Gasteiger charge is -2.26. The minimum absolute atomic E-state index is 0.0353. The van der Waals surface area contributed by atoms with Crippen LogP contribution in [0.3, 0.4) is 0 Å². The molecule has 0 saturated heterocycles. The van der Waals surface area contributed by atoms with Crippen molar-refractivity contribution < 1.29 is 22.7 Å². The zero-order chi connectivity index (χ0) is 13.3. The molecule has 3 N–H and O–H groups in total. The van der Waals surface area contributed by atoms with Gasteiger partial charge in [0.15, 0.2) is 0 Å². The number of hydrogen-bond acceptors (Lipinski definition) is 2. The quantitative estimate of drug-likeness (QED) is 0.808. The van der Waals surface area contributed by atoms with Crippen molar-refractivity contribution in [3.63, 3.8) is 0 Å². The van der Waals surface area contributed by atoms with Crippen LogP contribution in [0.5, 0.6) is 0 Å². The highest BCUT2D eigenvalue weighted by molar-refractivity contribution is 5.33. The summed E-state index contributed by atoms with van der Waals surface area (Å²) in [5.74, 6) is -1.33. The predicted molar refractivity (Wildman–Crippen MR) is 54.9 cm³/mol. The molecule has 0 saturated carbocycles. The third-order valence-corrected chi connectivity index (χ3v) is 2.77. The Morgan fingerprint density at radius 3 is 2.29 bits per heavy atom. The summed E-state index contributed by atoms with van der Waals surface area (Å²) in [6, 6.07) is 2.63. The van der Waals surface area contributed by atoms with E-state index in [0.29, 0.717) is 6.07 Å². The van der Waals surface area contributed by atoms with Gasteiger partial charge in [-0.1, -0.05) is 13.0 Å². The monoisotopic (exact) mass is 251 g/mol. The van der Waals surface area contributed by atoms with Gasteiger partial charge in [0, 0.05) is 12.0 Å². The molecule has 0 aromatic heterocycles. The third kappa shape index (κ3) is 2.76. The second kappa shape index (κ2) is 4.62.